The summed E-state index contributed by atoms with van der Waals surface area (Å²) >= 11 is 0. The summed E-state index contributed by atoms with van der Waals surface area (Å²) in [7, 11) is -0.960. The predicted molar refractivity (Wildman–Crippen MR) is 113 cm³/mol. The van der Waals surface area contributed by atoms with Gasteiger partial charge in [-0.05, 0) is 29.8 Å². The van der Waals surface area contributed by atoms with Gasteiger partial charge >= 0.3 is 6.03 Å². The lowest BCUT2D eigenvalue weighted by Crippen LogP contribution is -2.33. The first-order valence-electron chi connectivity index (χ1n) is 9.31. The van der Waals surface area contributed by atoms with Crippen LogP contribution in [0.3, 0.4) is 0 Å². The van der Waals surface area contributed by atoms with Crippen LogP contribution >= 0.6 is 0 Å². The van der Waals surface area contributed by atoms with Gasteiger partial charge in [0.25, 0.3) is 5.91 Å². The normalized spacial score (nSPS) is 14.5. The lowest BCUT2D eigenvalue weighted by molar-refractivity contribution is -0.124. The number of ether oxygens (including phenoxy) is 1. The zero-order valence-corrected chi connectivity index (χ0v) is 17.9. The third-order valence-electron chi connectivity index (χ3n) is 4.68. The van der Waals surface area contributed by atoms with Gasteiger partial charge in [0.15, 0.2) is 0 Å². The van der Waals surface area contributed by atoms with E-state index in [2.05, 4.69) is 6.58 Å². The number of hydrogen-bond acceptors (Lipinski definition) is 5. The molecule has 0 atom stereocenters. The summed E-state index contributed by atoms with van der Waals surface area (Å²) in [5.74, 6) is -0.694. The van der Waals surface area contributed by atoms with E-state index in [-0.39, 0.29) is 36.0 Å². The number of rotatable bonds is 8. The molecule has 1 aliphatic rings. The van der Waals surface area contributed by atoms with Crippen LogP contribution < -0.4 is 9.64 Å². The molecule has 8 nitrogen and oxygen atoms in total. The summed E-state index contributed by atoms with van der Waals surface area (Å²) < 4.78 is 45.1. The fourth-order valence-corrected chi connectivity index (χ4v) is 3.90. The third-order valence-corrected chi connectivity index (χ3v) is 6.49. The first-order chi connectivity index (χ1) is 14.6. The SMILES string of the molecule is C=CCN1C(=O)CN(c2ccc(S(=O)(=O)N(C)C)cc2OCc2ccc(F)cc2)C1=O. The Bertz CT molecular complexity index is 1120. The summed E-state index contributed by atoms with van der Waals surface area (Å²) in [4.78, 5) is 27.2. The molecule has 0 radical (unpaired) electrons. The maximum atomic E-state index is 13.2. The van der Waals surface area contributed by atoms with Crippen molar-refractivity contribution >= 4 is 27.6 Å². The number of anilines is 1. The van der Waals surface area contributed by atoms with E-state index in [9.17, 15) is 22.4 Å². The third kappa shape index (κ3) is 4.59. The highest BCUT2D eigenvalue weighted by atomic mass is 32.2. The van der Waals surface area contributed by atoms with Gasteiger partial charge < -0.3 is 4.74 Å². The number of hydrogen-bond donors (Lipinski definition) is 0. The molecule has 0 aliphatic carbocycles. The molecule has 1 heterocycles. The highest BCUT2D eigenvalue weighted by Crippen LogP contribution is 2.34. The fourth-order valence-electron chi connectivity index (χ4n) is 2.98. The van der Waals surface area contributed by atoms with Crippen LogP contribution in [0.4, 0.5) is 14.9 Å². The Hall–Kier alpha value is -3.24. The maximum absolute atomic E-state index is 13.2. The van der Waals surface area contributed by atoms with Crippen molar-refractivity contribution in [1.29, 1.82) is 0 Å². The number of carbonyl (C=O) groups excluding carboxylic acids is 2. The molecule has 1 fully saturated rings. The van der Waals surface area contributed by atoms with E-state index in [1.165, 1.54) is 67.5 Å². The van der Waals surface area contributed by atoms with Gasteiger partial charge in [-0.15, -0.1) is 6.58 Å². The number of nitrogens with zero attached hydrogens (tertiary/aromatic N) is 3. The molecule has 2 aromatic carbocycles. The molecule has 1 aliphatic heterocycles. The van der Waals surface area contributed by atoms with Gasteiger partial charge in [0.1, 0.15) is 24.7 Å². The number of carbonyl (C=O) groups is 2. The lowest BCUT2D eigenvalue weighted by Gasteiger charge is -2.21. The molecule has 0 saturated carbocycles. The number of sulfonamides is 1. The van der Waals surface area contributed by atoms with E-state index in [0.717, 1.165) is 9.21 Å². The van der Waals surface area contributed by atoms with Gasteiger partial charge in [-0.1, -0.05) is 18.2 Å². The molecule has 0 aromatic heterocycles. The van der Waals surface area contributed by atoms with E-state index < -0.39 is 27.8 Å². The Kier molecular flexibility index (Phi) is 6.42. The average molecular weight is 447 g/mol. The molecule has 3 amide bonds. The summed E-state index contributed by atoms with van der Waals surface area (Å²) in [6, 6.07) is 9.16. The maximum Gasteiger partial charge on any atom is 0.332 e. The minimum atomic E-state index is -3.76. The van der Waals surface area contributed by atoms with Crippen molar-refractivity contribution in [2.24, 2.45) is 0 Å². The molecule has 0 bridgehead atoms. The lowest BCUT2D eigenvalue weighted by atomic mass is 10.2. The zero-order chi connectivity index (χ0) is 22.8. The van der Waals surface area contributed by atoms with E-state index >= 15 is 0 Å². The van der Waals surface area contributed by atoms with Gasteiger partial charge in [0.05, 0.1) is 10.6 Å². The van der Waals surface area contributed by atoms with Crippen LogP contribution in [0.2, 0.25) is 0 Å². The first-order valence-corrected chi connectivity index (χ1v) is 10.8. The largest absolute Gasteiger partial charge is 0.487 e. The number of amides is 3. The molecular weight excluding hydrogens is 425 g/mol. The molecule has 0 N–H and O–H groups in total. The minimum absolute atomic E-state index is 0.00505. The van der Waals surface area contributed by atoms with Crippen molar-refractivity contribution < 1.29 is 27.1 Å². The Labute approximate surface area is 180 Å². The second-order valence-corrected chi connectivity index (χ2v) is 9.15. The highest BCUT2D eigenvalue weighted by molar-refractivity contribution is 7.89. The van der Waals surface area contributed by atoms with Crippen LogP contribution in [-0.2, 0) is 21.4 Å². The summed E-state index contributed by atoms with van der Waals surface area (Å²) in [6.45, 7) is 3.40. The van der Waals surface area contributed by atoms with Crippen molar-refractivity contribution in [3.05, 3.63) is 66.5 Å². The van der Waals surface area contributed by atoms with Gasteiger partial charge in [-0.2, -0.15) is 0 Å². The van der Waals surface area contributed by atoms with E-state index in [1.54, 1.807) is 0 Å². The molecule has 0 unspecified atom stereocenters. The van der Waals surface area contributed by atoms with Crippen LogP contribution in [0.1, 0.15) is 5.56 Å². The standard InChI is InChI=1S/C21H22FN3O5S/c1-4-11-24-20(26)13-25(21(24)27)18-10-9-17(31(28,29)23(2)3)12-19(18)30-14-15-5-7-16(22)8-6-15/h4-10,12H,1,11,13-14H2,2-3H3. The van der Waals surface area contributed by atoms with Gasteiger partial charge in [0, 0.05) is 26.7 Å². The highest BCUT2D eigenvalue weighted by Gasteiger charge is 2.37. The van der Waals surface area contributed by atoms with E-state index in [1.807, 2.05) is 0 Å². The summed E-state index contributed by atoms with van der Waals surface area (Å²) in [5.41, 5.74) is 0.898. The molecule has 10 heteroatoms. The van der Waals surface area contributed by atoms with Crippen LogP contribution in [-0.4, -0.2) is 56.7 Å². The smallest absolute Gasteiger partial charge is 0.332 e. The summed E-state index contributed by atoms with van der Waals surface area (Å²) in [5, 5.41) is 0. The average Bonchev–Trinajstić information content (AvgIpc) is 3.01. The van der Waals surface area contributed by atoms with Crippen LogP contribution in [0.15, 0.2) is 60.0 Å². The Morgan fingerprint density at radius 2 is 1.84 bits per heavy atom. The number of urea groups is 1. The first kappa shape index (κ1) is 22.4. The fraction of sp³-hybridized carbons (Fsp3) is 0.238. The van der Waals surface area contributed by atoms with Crippen molar-refractivity contribution in [2.45, 2.75) is 11.5 Å². The number of halogens is 1. The zero-order valence-electron chi connectivity index (χ0n) is 17.1. The molecule has 164 valence electrons. The van der Waals surface area contributed by atoms with Crippen LogP contribution in [0.25, 0.3) is 0 Å². The number of benzene rings is 2. The molecule has 3 rings (SSSR count). The predicted octanol–water partition coefficient (Wildman–Crippen LogP) is 2.61. The van der Waals surface area contributed by atoms with Crippen molar-refractivity contribution in [2.75, 3.05) is 32.1 Å². The summed E-state index contributed by atoms with van der Waals surface area (Å²) in [6.07, 6.45) is 1.44. The van der Waals surface area contributed by atoms with E-state index in [0.29, 0.717) is 5.56 Å². The van der Waals surface area contributed by atoms with Crippen molar-refractivity contribution in [3.8, 4) is 5.75 Å². The topological polar surface area (TPSA) is 87.2 Å². The van der Waals surface area contributed by atoms with Crippen LogP contribution in [0.5, 0.6) is 5.75 Å². The van der Waals surface area contributed by atoms with Crippen molar-refractivity contribution in [3.63, 3.8) is 0 Å². The molecule has 31 heavy (non-hydrogen) atoms. The van der Waals surface area contributed by atoms with E-state index in [4.69, 9.17) is 4.74 Å². The monoisotopic (exact) mass is 447 g/mol. The van der Waals surface area contributed by atoms with Gasteiger partial charge in [-0.25, -0.2) is 21.9 Å². The Morgan fingerprint density at radius 3 is 2.45 bits per heavy atom. The molecule has 2 aromatic rings. The van der Waals surface area contributed by atoms with Crippen molar-refractivity contribution in [1.82, 2.24) is 9.21 Å². The molecular formula is C21H22FN3O5S. The minimum Gasteiger partial charge on any atom is -0.487 e. The second-order valence-electron chi connectivity index (χ2n) is 6.99. The van der Waals surface area contributed by atoms with Gasteiger partial charge in [-0.3, -0.25) is 14.6 Å². The Balaban J connectivity index is 1.99. The quantitative estimate of drug-likeness (QED) is 0.459. The second kappa shape index (κ2) is 8.86. The van der Waals surface area contributed by atoms with Crippen LogP contribution in [0, 0.1) is 5.82 Å². The van der Waals surface area contributed by atoms with Gasteiger partial charge in [0.2, 0.25) is 10.0 Å². The molecule has 1 saturated heterocycles. The number of imide groups is 1. The Morgan fingerprint density at radius 1 is 1.16 bits per heavy atom. The molecule has 0 spiro atoms.